The van der Waals surface area contributed by atoms with Crippen LogP contribution in [0.15, 0.2) is 42.5 Å². The molecule has 1 saturated heterocycles. The van der Waals surface area contributed by atoms with Crippen LogP contribution in [-0.2, 0) is 0 Å². The van der Waals surface area contributed by atoms with E-state index in [0.717, 1.165) is 42.1 Å². The van der Waals surface area contributed by atoms with Crippen molar-refractivity contribution in [3.05, 3.63) is 59.4 Å². The zero-order chi connectivity index (χ0) is 19.8. The zero-order valence-electron chi connectivity index (χ0n) is 17.1. The van der Waals surface area contributed by atoms with Crippen molar-refractivity contribution < 1.29 is 4.79 Å². The van der Waals surface area contributed by atoms with Gasteiger partial charge in [-0.1, -0.05) is 32.0 Å². The van der Waals surface area contributed by atoms with Gasteiger partial charge in [-0.05, 0) is 49.6 Å². The Labute approximate surface area is 166 Å². The minimum atomic E-state index is 0.109. The third kappa shape index (κ3) is 3.37. The van der Waals surface area contributed by atoms with Crippen molar-refractivity contribution in [3.63, 3.8) is 0 Å². The van der Waals surface area contributed by atoms with Gasteiger partial charge in [-0.2, -0.15) is 0 Å². The molecular weight excluding hydrogens is 348 g/mol. The first-order valence-corrected chi connectivity index (χ1v) is 10.0. The average Bonchev–Trinajstić information content (AvgIpc) is 3.06. The summed E-state index contributed by atoms with van der Waals surface area (Å²) in [5.74, 6) is 1.36. The first-order chi connectivity index (χ1) is 13.4. The van der Waals surface area contributed by atoms with Gasteiger partial charge in [-0.3, -0.25) is 4.79 Å². The second kappa shape index (κ2) is 7.30. The number of imidazole rings is 1. The maximum absolute atomic E-state index is 13.3. The Morgan fingerprint density at radius 3 is 2.68 bits per heavy atom. The minimum Gasteiger partial charge on any atom is -0.367 e. The first kappa shape index (κ1) is 18.5. The number of carbonyl (C=O) groups excluding carboxylic acids is 1. The molecule has 1 amide bonds. The Balaban J connectivity index is 1.59. The van der Waals surface area contributed by atoms with Gasteiger partial charge in [0.25, 0.3) is 5.91 Å². The van der Waals surface area contributed by atoms with Crippen LogP contribution in [0.3, 0.4) is 0 Å². The number of hydrogen-bond acceptors (Lipinski definition) is 3. The number of carbonyl (C=O) groups is 1. The van der Waals surface area contributed by atoms with Crippen molar-refractivity contribution in [1.29, 1.82) is 0 Å². The van der Waals surface area contributed by atoms with Crippen LogP contribution in [0, 0.1) is 19.8 Å². The molecule has 0 bridgehead atoms. The Hall–Kier alpha value is -2.82. The molecular formula is C23H28N4O. The predicted molar refractivity (Wildman–Crippen MR) is 114 cm³/mol. The summed E-state index contributed by atoms with van der Waals surface area (Å²) in [6.07, 6.45) is 0. The second-order valence-electron chi connectivity index (χ2n) is 8.10. The van der Waals surface area contributed by atoms with Gasteiger partial charge in [0.2, 0.25) is 0 Å². The van der Waals surface area contributed by atoms with Crippen LogP contribution in [0.2, 0.25) is 0 Å². The number of rotatable bonds is 3. The quantitative estimate of drug-likeness (QED) is 0.746. The number of piperazine rings is 1. The van der Waals surface area contributed by atoms with Gasteiger partial charge < -0.3 is 14.8 Å². The largest absolute Gasteiger partial charge is 0.367 e. The summed E-state index contributed by atoms with van der Waals surface area (Å²) < 4.78 is 0. The fourth-order valence-electron chi connectivity index (χ4n) is 4.21. The van der Waals surface area contributed by atoms with Crippen molar-refractivity contribution in [2.75, 3.05) is 24.5 Å². The van der Waals surface area contributed by atoms with E-state index in [-0.39, 0.29) is 11.9 Å². The Morgan fingerprint density at radius 2 is 1.93 bits per heavy atom. The molecule has 1 aromatic heterocycles. The van der Waals surface area contributed by atoms with Crippen molar-refractivity contribution in [3.8, 4) is 0 Å². The predicted octanol–water partition coefficient (Wildman–Crippen LogP) is 4.17. The van der Waals surface area contributed by atoms with Crippen LogP contribution in [-0.4, -0.2) is 46.5 Å². The van der Waals surface area contributed by atoms with E-state index in [1.54, 1.807) is 0 Å². The highest BCUT2D eigenvalue weighted by Gasteiger charge is 2.33. The van der Waals surface area contributed by atoms with Gasteiger partial charge in [0.15, 0.2) is 0 Å². The third-order valence-electron chi connectivity index (χ3n) is 5.75. The van der Waals surface area contributed by atoms with Crippen LogP contribution >= 0.6 is 0 Å². The number of aryl methyl sites for hydroxylation is 2. The molecule has 0 radical (unpaired) electrons. The highest BCUT2D eigenvalue weighted by atomic mass is 16.2. The molecule has 5 heteroatoms. The molecule has 0 unspecified atom stereocenters. The SMILES string of the molecule is Cc1nc2ccc(C(=O)N3CCN(c4ccccc4C)C[C@@H]3C(C)C)cc2[nH]1. The van der Waals surface area contributed by atoms with Gasteiger partial charge in [-0.15, -0.1) is 0 Å². The number of aromatic amines is 1. The molecule has 28 heavy (non-hydrogen) atoms. The fourth-order valence-corrected chi connectivity index (χ4v) is 4.21. The normalized spacial score (nSPS) is 17.5. The van der Waals surface area contributed by atoms with Crippen molar-refractivity contribution in [2.24, 2.45) is 5.92 Å². The van der Waals surface area contributed by atoms with Gasteiger partial charge in [0, 0.05) is 30.9 Å². The van der Waals surface area contributed by atoms with Crippen LogP contribution in [0.1, 0.15) is 35.6 Å². The third-order valence-corrected chi connectivity index (χ3v) is 5.75. The summed E-state index contributed by atoms with van der Waals surface area (Å²) >= 11 is 0. The monoisotopic (exact) mass is 376 g/mol. The Kier molecular flexibility index (Phi) is 4.84. The summed E-state index contributed by atoms with van der Waals surface area (Å²) in [5.41, 5.74) is 5.10. The molecule has 0 saturated carbocycles. The van der Waals surface area contributed by atoms with E-state index >= 15 is 0 Å². The molecule has 1 aliphatic rings. The van der Waals surface area contributed by atoms with E-state index in [1.807, 2.05) is 25.1 Å². The minimum absolute atomic E-state index is 0.109. The number of benzene rings is 2. The topological polar surface area (TPSA) is 52.2 Å². The number of aromatic nitrogens is 2. The van der Waals surface area contributed by atoms with Crippen molar-refractivity contribution >= 4 is 22.6 Å². The van der Waals surface area contributed by atoms with Gasteiger partial charge in [-0.25, -0.2) is 4.98 Å². The van der Waals surface area contributed by atoms with E-state index in [2.05, 4.69) is 64.8 Å². The van der Waals surface area contributed by atoms with Gasteiger partial charge in [0.05, 0.1) is 17.1 Å². The summed E-state index contributed by atoms with van der Waals surface area (Å²) in [6, 6.07) is 14.4. The number of hydrogen-bond donors (Lipinski definition) is 1. The number of nitrogens with one attached hydrogen (secondary N) is 1. The van der Waals surface area contributed by atoms with E-state index in [1.165, 1.54) is 11.3 Å². The molecule has 4 rings (SSSR count). The average molecular weight is 377 g/mol. The standard InChI is InChI=1S/C23H28N4O/c1-15(2)22-14-26(21-8-6-5-7-16(21)3)11-12-27(22)23(28)18-9-10-19-20(13-18)25-17(4)24-19/h5-10,13,15,22H,11-12,14H2,1-4H3,(H,24,25)/t22-/m1/s1. The summed E-state index contributed by atoms with van der Waals surface area (Å²) in [4.78, 5) is 25.5. The molecule has 1 fully saturated rings. The smallest absolute Gasteiger partial charge is 0.254 e. The molecule has 1 N–H and O–H groups in total. The molecule has 5 nitrogen and oxygen atoms in total. The van der Waals surface area contributed by atoms with Crippen LogP contribution in [0.25, 0.3) is 11.0 Å². The lowest BCUT2D eigenvalue weighted by atomic mass is 9.97. The number of H-pyrrole nitrogens is 1. The summed E-state index contributed by atoms with van der Waals surface area (Å²) in [7, 11) is 0. The summed E-state index contributed by atoms with van der Waals surface area (Å²) in [6.45, 7) is 10.9. The molecule has 0 aliphatic carbocycles. The van der Waals surface area contributed by atoms with Crippen molar-refractivity contribution in [1.82, 2.24) is 14.9 Å². The number of nitrogens with zero attached hydrogens (tertiary/aromatic N) is 3. The van der Waals surface area contributed by atoms with Crippen LogP contribution < -0.4 is 4.90 Å². The Bertz CT molecular complexity index is 1010. The molecule has 2 aromatic carbocycles. The molecule has 1 aliphatic heterocycles. The van der Waals surface area contributed by atoms with E-state index < -0.39 is 0 Å². The highest BCUT2D eigenvalue weighted by Crippen LogP contribution is 2.27. The number of anilines is 1. The number of fused-ring (bicyclic) bond motifs is 1. The molecule has 1 atom stereocenters. The highest BCUT2D eigenvalue weighted by molar-refractivity contribution is 5.97. The maximum Gasteiger partial charge on any atom is 0.254 e. The fraction of sp³-hybridized carbons (Fsp3) is 0.391. The molecule has 146 valence electrons. The van der Waals surface area contributed by atoms with Crippen molar-refractivity contribution in [2.45, 2.75) is 33.7 Å². The van der Waals surface area contributed by atoms with E-state index in [9.17, 15) is 4.79 Å². The lowest BCUT2D eigenvalue weighted by Crippen LogP contribution is -2.57. The first-order valence-electron chi connectivity index (χ1n) is 10.0. The van der Waals surface area contributed by atoms with Crippen LogP contribution in [0.4, 0.5) is 5.69 Å². The molecule has 3 aromatic rings. The number of para-hydroxylation sites is 1. The van der Waals surface area contributed by atoms with E-state index in [0.29, 0.717) is 5.92 Å². The lowest BCUT2D eigenvalue weighted by molar-refractivity contribution is 0.0600. The maximum atomic E-state index is 13.3. The Morgan fingerprint density at radius 1 is 1.14 bits per heavy atom. The van der Waals surface area contributed by atoms with Gasteiger partial charge in [0.1, 0.15) is 5.82 Å². The molecule has 2 heterocycles. The second-order valence-corrected chi connectivity index (χ2v) is 8.10. The van der Waals surface area contributed by atoms with E-state index in [4.69, 9.17) is 0 Å². The summed E-state index contributed by atoms with van der Waals surface area (Å²) in [5, 5.41) is 0. The lowest BCUT2D eigenvalue weighted by Gasteiger charge is -2.44. The zero-order valence-corrected chi connectivity index (χ0v) is 17.1. The number of amides is 1. The van der Waals surface area contributed by atoms with Crippen LogP contribution in [0.5, 0.6) is 0 Å². The van der Waals surface area contributed by atoms with Gasteiger partial charge >= 0.3 is 0 Å². The molecule has 0 spiro atoms.